The van der Waals surface area contributed by atoms with Crippen LogP contribution in [0.2, 0.25) is 5.02 Å². The minimum Gasteiger partial charge on any atom is -0.349 e. The van der Waals surface area contributed by atoms with Crippen LogP contribution in [0.15, 0.2) is 29.3 Å². The minimum absolute atomic E-state index is 0.0114. The summed E-state index contributed by atoms with van der Waals surface area (Å²) >= 11 is 6.08. The zero-order chi connectivity index (χ0) is 18.3. The van der Waals surface area contributed by atoms with Crippen molar-refractivity contribution in [2.24, 2.45) is 11.8 Å². The molecule has 6 heteroatoms. The average molecular weight is 373 g/mol. The summed E-state index contributed by atoms with van der Waals surface area (Å²) in [4.78, 5) is 23.1. The fourth-order valence-electron chi connectivity index (χ4n) is 4.36. The second-order valence-electron chi connectivity index (χ2n) is 7.84. The van der Waals surface area contributed by atoms with Gasteiger partial charge in [-0.1, -0.05) is 25.4 Å². The Hall–Kier alpha value is -1.85. The lowest BCUT2D eigenvalue weighted by Crippen LogP contribution is -2.39. The number of benzene rings is 1. The molecule has 0 amide bonds. The lowest BCUT2D eigenvalue weighted by Gasteiger charge is -2.34. The number of piperidine rings is 1. The molecule has 26 heavy (non-hydrogen) atoms. The number of nitrogens with zero attached hydrogens (tertiary/aromatic N) is 3. The number of rotatable bonds is 4. The SMILES string of the molecule is C[C@H]1C[C@H](C)CN(CCCn2cnc3c([nH]c4ccc(Cl)cc43)c2=O)C1. The van der Waals surface area contributed by atoms with Crippen LogP contribution in [0.4, 0.5) is 0 Å². The van der Waals surface area contributed by atoms with E-state index < -0.39 is 0 Å². The van der Waals surface area contributed by atoms with E-state index in [1.165, 1.54) is 19.5 Å². The van der Waals surface area contributed by atoms with Crippen molar-refractivity contribution in [3.8, 4) is 0 Å². The van der Waals surface area contributed by atoms with Crippen LogP contribution in [-0.4, -0.2) is 39.1 Å². The van der Waals surface area contributed by atoms with Gasteiger partial charge in [0.05, 0.1) is 6.33 Å². The molecule has 1 saturated heterocycles. The van der Waals surface area contributed by atoms with Gasteiger partial charge in [-0.2, -0.15) is 0 Å². The molecule has 0 aliphatic carbocycles. The summed E-state index contributed by atoms with van der Waals surface area (Å²) < 4.78 is 1.72. The van der Waals surface area contributed by atoms with Gasteiger partial charge in [0.1, 0.15) is 11.0 Å². The quantitative estimate of drug-likeness (QED) is 0.755. The number of hydrogen-bond acceptors (Lipinski definition) is 3. The standard InChI is InChI=1S/C20H25ClN4O/c1-13-8-14(2)11-24(10-13)6-3-7-25-12-22-18-16-9-15(21)4-5-17(16)23-19(18)20(25)26/h4-5,9,12-14,23H,3,6-8,10-11H2,1-2H3/t13-,14-/m0/s1. The number of aromatic amines is 1. The van der Waals surface area contributed by atoms with Crippen molar-refractivity contribution in [1.29, 1.82) is 0 Å². The first-order valence-corrected chi connectivity index (χ1v) is 9.78. The summed E-state index contributed by atoms with van der Waals surface area (Å²) in [7, 11) is 0. The molecule has 0 unspecified atom stereocenters. The molecule has 3 aromatic rings. The Labute approximate surface area is 158 Å². The molecule has 0 spiro atoms. The van der Waals surface area contributed by atoms with E-state index in [1.54, 1.807) is 10.9 Å². The Bertz CT molecular complexity index is 983. The number of likely N-dealkylation sites (tertiary alicyclic amines) is 1. The third-order valence-electron chi connectivity index (χ3n) is 5.35. The zero-order valence-corrected chi connectivity index (χ0v) is 16.1. The van der Waals surface area contributed by atoms with Crippen molar-refractivity contribution in [3.63, 3.8) is 0 Å². The van der Waals surface area contributed by atoms with Gasteiger partial charge < -0.3 is 9.88 Å². The van der Waals surface area contributed by atoms with E-state index in [4.69, 9.17) is 11.6 Å². The van der Waals surface area contributed by atoms with Crippen molar-refractivity contribution in [1.82, 2.24) is 19.4 Å². The van der Waals surface area contributed by atoms with Crippen LogP contribution < -0.4 is 5.56 Å². The molecule has 1 fully saturated rings. The van der Waals surface area contributed by atoms with Crippen molar-refractivity contribution in [3.05, 3.63) is 39.9 Å². The van der Waals surface area contributed by atoms with Crippen LogP contribution in [0.25, 0.3) is 21.9 Å². The van der Waals surface area contributed by atoms with Gasteiger partial charge in [-0.05, 0) is 49.4 Å². The predicted molar refractivity (Wildman–Crippen MR) is 107 cm³/mol. The maximum absolute atomic E-state index is 12.8. The molecule has 138 valence electrons. The van der Waals surface area contributed by atoms with Crippen LogP contribution in [0, 0.1) is 11.8 Å². The number of hydrogen-bond donors (Lipinski definition) is 1. The summed E-state index contributed by atoms with van der Waals surface area (Å²) in [6.45, 7) is 8.71. The third-order valence-corrected chi connectivity index (χ3v) is 5.59. The zero-order valence-electron chi connectivity index (χ0n) is 15.3. The predicted octanol–water partition coefficient (Wildman–Crippen LogP) is 3.90. The van der Waals surface area contributed by atoms with Crippen LogP contribution in [-0.2, 0) is 6.54 Å². The van der Waals surface area contributed by atoms with Crippen molar-refractivity contribution < 1.29 is 0 Å². The lowest BCUT2D eigenvalue weighted by molar-refractivity contribution is 0.138. The summed E-state index contributed by atoms with van der Waals surface area (Å²) in [5.41, 5.74) is 2.14. The molecule has 0 saturated carbocycles. The van der Waals surface area contributed by atoms with Gasteiger partial charge in [0.15, 0.2) is 0 Å². The fourth-order valence-corrected chi connectivity index (χ4v) is 4.53. The molecule has 1 N–H and O–H groups in total. The van der Waals surface area contributed by atoms with Crippen LogP contribution >= 0.6 is 11.6 Å². The van der Waals surface area contributed by atoms with Gasteiger partial charge in [0.2, 0.25) is 0 Å². The molecule has 0 bridgehead atoms. The van der Waals surface area contributed by atoms with Gasteiger partial charge in [-0.3, -0.25) is 9.36 Å². The Morgan fingerprint density at radius 3 is 2.77 bits per heavy atom. The Balaban J connectivity index is 1.51. The molecule has 2 atom stereocenters. The molecule has 1 aromatic carbocycles. The Morgan fingerprint density at radius 1 is 1.23 bits per heavy atom. The molecular formula is C20H25ClN4O. The molecule has 0 radical (unpaired) electrons. The normalized spacial score (nSPS) is 21.7. The second kappa shape index (κ2) is 7.05. The molecule has 1 aliphatic rings. The first kappa shape index (κ1) is 17.6. The van der Waals surface area contributed by atoms with E-state index in [0.717, 1.165) is 35.7 Å². The molecule has 4 rings (SSSR count). The Kier molecular flexibility index (Phi) is 4.76. The number of H-pyrrole nitrogens is 1. The van der Waals surface area contributed by atoms with Crippen molar-refractivity contribution in [2.75, 3.05) is 19.6 Å². The summed E-state index contributed by atoms with van der Waals surface area (Å²) in [5.74, 6) is 1.52. The van der Waals surface area contributed by atoms with E-state index in [-0.39, 0.29) is 5.56 Å². The average Bonchev–Trinajstić information content (AvgIpc) is 2.95. The first-order chi connectivity index (χ1) is 12.5. The molecule has 1 aliphatic heterocycles. The topological polar surface area (TPSA) is 53.9 Å². The lowest BCUT2D eigenvalue weighted by atomic mass is 9.92. The highest BCUT2D eigenvalue weighted by molar-refractivity contribution is 6.31. The van der Waals surface area contributed by atoms with E-state index >= 15 is 0 Å². The first-order valence-electron chi connectivity index (χ1n) is 9.40. The highest BCUT2D eigenvalue weighted by Gasteiger charge is 2.21. The summed E-state index contributed by atoms with van der Waals surface area (Å²) in [5, 5.41) is 1.54. The molecular weight excluding hydrogens is 348 g/mol. The fraction of sp³-hybridized carbons (Fsp3) is 0.500. The van der Waals surface area contributed by atoms with E-state index in [1.807, 2.05) is 18.2 Å². The second-order valence-corrected chi connectivity index (χ2v) is 8.28. The monoisotopic (exact) mass is 372 g/mol. The smallest absolute Gasteiger partial charge is 0.277 e. The minimum atomic E-state index is -0.0114. The molecule has 2 aromatic heterocycles. The summed E-state index contributed by atoms with van der Waals surface area (Å²) in [6, 6.07) is 5.56. The molecule has 5 nitrogen and oxygen atoms in total. The number of aryl methyl sites for hydroxylation is 1. The maximum atomic E-state index is 12.8. The number of fused-ring (bicyclic) bond motifs is 3. The van der Waals surface area contributed by atoms with Gasteiger partial charge in [-0.15, -0.1) is 0 Å². The van der Waals surface area contributed by atoms with Gasteiger partial charge >= 0.3 is 0 Å². The van der Waals surface area contributed by atoms with Gasteiger partial charge in [0, 0.05) is 35.6 Å². The van der Waals surface area contributed by atoms with Crippen LogP contribution in [0.3, 0.4) is 0 Å². The number of halogens is 1. The maximum Gasteiger partial charge on any atom is 0.277 e. The van der Waals surface area contributed by atoms with Crippen molar-refractivity contribution >= 4 is 33.5 Å². The summed E-state index contributed by atoms with van der Waals surface area (Å²) in [6.07, 6.45) is 3.94. The largest absolute Gasteiger partial charge is 0.349 e. The highest BCUT2D eigenvalue weighted by Crippen LogP contribution is 2.24. The number of nitrogens with one attached hydrogen (secondary N) is 1. The van der Waals surface area contributed by atoms with Gasteiger partial charge in [0.25, 0.3) is 5.56 Å². The van der Waals surface area contributed by atoms with Crippen molar-refractivity contribution in [2.45, 2.75) is 33.2 Å². The van der Waals surface area contributed by atoms with E-state index in [0.29, 0.717) is 22.6 Å². The highest BCUT2D eigenvalue weighted by atomic mass is 35.5. The Morgan fingerprint density at radius 2 is 2.00 bits per heavy atom. The third kappa shape index (κ3) is 3.38. The van der Waals surface area contributed by atoms with E-state index in [2.05, 4.69) is 28.7 Å². The van der Waals surface area contributed by atoms with Crippen LogP contribution in [0.5, 0.6) is 0 Å². The van der Waals surface area contributed by atoms with E-state index in [9.17, 15) is 4.79 Å². The number of aromatic nitrogens is 3. The van der Waals surface area contributed by atoms with Gasteiger partial charge in [-0.25, -0.2) is 4.98 Å². The molecule has 3 heterocycles. The van der Waals surface area contributed by atoms with Crippen LogP contribution in [0.1, 0.15) is 26.7 Å².